The molecular weight excluding hydrogens is 152 g/mol. The fourth-order valence-electron chi connectivity index (χ4n) is 1.61. The van der Waals surface area contributed by atoms with E-state index in [2.05, 4.69) is 6.58 Å². The molecule has 0 amide bonds. The van der Waals surface area contributed by atoms with Crippen LogP contribution in [0, 0.1) is 5.92 Å². The highest BCUT2D eigenvalue weighted by atomic mass is 16.3. The summed E-state index contributed by atoms with van der Waals surface area (Å²) in [6.45, 7) is 5.73. The van der Waals surface area contributed by atoms with Crippen LogP contribution in [0.5, 0.6) is 0 Å². The summed E-state index contributed by atoms with van der Waals surface area (Å²) in [6.07, 6.45) is 3.32. The van der Waals surface area contributed by atoms with E-state index in [4.69, 9.17) is 5.11 Å². The average molecular weight is 168 g/mol. The number of aliphatic hydroxyl groups is 2. The van der Waals surface area contributed by atoms with Gasteiger partial charge in [-0.15, -0.1) is 0 Å². The highest BCUT2D eigenvalue weighted by molar-refractivity contribution is 5.16. The first-order valence-electron chi connectivity index (χ1n) is 4.29. The molecule has 0 unspecified atom stereocenters. The molecule has 0 heterocycles. The minimum Gasteiger partial charge on any atom is -0.392 e. The third-order valence-corrected chi connectivity index (χ3v) is 2.44. The second kappa shape index (κ2) is 3.87. The Morgan fingerprint density at radius 1 is 1.75 bits per heavy atom. The third kappa shape index (κ3) is 1.96. The Kier molecular flexibility index (Phi) is 3.06. The summed E-state index contributed by atoms with van der Waals surface area (Å²) < 4.78 is 0. The van der Waals surface area contributed by atoms with Crippen molar-refractivity contribution in [1.29, 1.82) is 0 Å². The van der Waals surface area contributed by atoms with Crippen molar-refractivity contribution in [3.05, 3.63) is 23.8 Å². The minimum atomic E-state index is -0.446. The van der Waals surface area contributed by atoms with Crippen LogP contribution in [-0.4, -0.2) is 22.9 Å². The molecule has 2 atom stereocenters. The standard InChI is InChI=1S/C10H16O2/c1-7-3-4-9(8(2)6-11)10(12)5-7/h5,9-12H,2-4,6H2,1H3/t9-,10-/m1/s1. The van der Waals surface area contributed by atoms with Crippen LogP contribution in [-0.2, 0) is 0 Å². The summed E-state index contributed by atoms with van der Waals surface area (Å²) >= 11 is 0. The maximum atomic E-state index is 9.59. The second-order valence-corrected chi connectivity index (χ2v) is 3.47. The first-order chi connectivity index (χ1) is 5.65. The van der Waals surface area contributed by atoms with Gasteiger partial charge in [0.15, 0.2) is 0 Å². The van der Waals surface area contributed by atoms with E-state index < -0.39 is 6.10 Å². The van der Waals surface area contributed by atoms with Crippen LogP contribution >= 0.6 is 0 Å². The highest BCUT2D eigenvalue weighted by Gasteiger charge is 2.23. The summed E-state index contributed by atoms with van der Waals surface area (Å²) in [5.41, 5.74) is 1.97. The van der Waals surface area contributed by atoms with Gasteiger partial charge in [-0.1, -0.05) is 18.2 Å². The van der Waals surface area contributed by atoms with Crippen LogP contribution in [0.4, 0.5) is 0 Å². The molecule has 0 bridgehead atoms. The highest BCUT2D eigenvalue weighted by Crippen LogP contribution is 2.28. The van der Waals surface area contributed by atoms with Crippen molar-refractivity contribution < 1.29 is 10.2 Å². The van der Waals surface area contributed by atoms with Crippen molar-refractivity contribution in [3.63, 3.8) is 0 Å². The lowest BCUT2D eigenvalue weighted by atomic mass is 9.83. The zero-order valence-corrected chi connectivity index (χ0v) is 7.45. The van der Waals surface area contributed by atoms with Gasteiger partial charge in [0, 0.05) is 5.92 Å². The van der Waals surface area contributed by atoms with E-state index in [9.17, 15) is 5.11 Å². The smallest absolute Gasteiger partial charge is 0.0789 e. The van der Waals surface area contributed by atoms with Crippen molar-refractivity contribution >= 4 is 0 Å². The summed E-state index contributed by atoms with van der Waals surface area (Å²) in [6, 6.07) is 0. The van der Waals surface area contributed by atoms with Gasteiger partial charge in [0.2, 0.25) is 0 Å². The van der Waals surface area contributed by atoms with Crippen molar-refractivity contribution in [3.8, 4) is 0 Å². The Morgan fingerprint density at radius 2 is 2.42 bits per heavy atom. The molecule has 0 spiro atoms. The van der Waals surface area contributed by atoms with Gasteiger partial charge in [-0.25, -0.2) is 0 Å². The quantitative estimate of drug-likeness (QED) is 0.609. The third-order valence-electron chi connectivity index (χ3n) is 2.44. The van der Waals surface area contributed by atoms with Crippen LogP contribution in [0.25, 0.3) is 0 Å². The molecule has 0 saturated heterocycles. The Labute approximate surface area is 73.2 Å². The summed E-state index contributed by atoms with van der Waals surface area (Å²) in [7, 11) is 0. The van der Waals surface area contributed by atoms with E-state index in [0.717, 1.165) is 18.4 Å². The van der Waals surface area contributed by atoms with Crippen LogP contribution < -0.4 is 0 Å². The lowest BCUT2D eigenvalue weighted by molar-refractivity contribution is 0.148. The fraction of sp³-hybridized carbons (Fsp3) is 0.600. The maximum absolute atomic E-state index is 9.59. The summed E-state index contributed by atoms with van der Waals surface area (Å²) in [5.74, 6) is 0.0544. The Morgan fingerprint density at radius 3 is 2.92 bits per heavy atom. The molecule has 0 fully saturated rings. The van der Waals surface area contributed by atoms with Gasteiger partial charge in [-0.2, -0.15) is 0 Å². The van der Waals surface area contributed by atoms with Crippen molar-refractivity contribution in [2.75, 3.05) is 6.61 Å². The lowest BCUT2D eigenvalue weighted by Gasteiger charge is -2.26. The van der Waals surface area contributed by atoms with Gasteiger partial charge < -0.3 is 10.2 Å². The topological polar surface area (TPSA) is 40.5 Å². The predicted molar refractivity (Wildman–Crippen MR) is 48.7 cm³/mol. The number of hydrogen-bond donors (Lipinski definition) is 2. The molecule has 68 valence electrons. The number of allylic oxidation sites excluding steroid dienone is 1. The molecule has 1 aliphatic carbocycles. The molecule has 0 aromatic carbocycles. The molecule has 0 aromatic rings. The van der Waals surface area contributed by atoms with Crippen molar-refractivity contribution in [2.45, 2.75) is 25.9 Å². The fourth-order valence-corrected chi connectivity index (χ4v) is 1.61. The van der Waals surface area contributed by atoms with Crippen LogP contribution in [0.2, 0.25) is 0 Å². The monoisotopic (exact) mass is 168 g/mol. The van der Waals surface area contributed by atoms with Crippen LogP contribution in [0.1, 0.15) is 19.8 Å². The van der Waals surface area contributed by atoms with E-state index >= 15 is 0 Å². The van der Waals surface area contributed by atoms with Crippen LogP contribution in [0.3, 0.4) is 0 Å². The summed E-state index contributed by atoms with van der Waals surface area (Å²) in [5, 5.41) is 18.4. The van der Waals surface area contributed by atoms with Gasteiger partial charge in [-0.3, -0.25) is 0 Å². The number of aliphatic hydroxyl groups excluding tert-OH is 2. The average Bonchev–Trinajstić information content (AvgIpc) is 2.03. The van der Waals surface area contributed by atoms with Gasteiger partial charge >= 0.3 is 0 Å². The predicted octanol–water partition coefficient (Wildman–Crippen LogP) is 1.25. The molecule has 2 heteroatoms. The van der Waals surface area contributed by atoms with Gasteiger partial charge in [0.1, 0.15) is 0 Å². The largest absolute Gasteiger partial charge is 0.392 e. The first kappa shape index (κ1) is 9.49. The van der Waals surface area contributed by atoms with E-state index in [1.54, 1.807) is 0 Å². The molecule has 2 nitrogen and oxygen atoms in total. The lowest BCUT2D eigenvalue weighted by Crippen LogP contribution is -2.24. The molecule has 12 heavy (non-hydrogen) atoms. The second-order valence-electron chi connectivity index (χ2n) is 3.47. The maximum Gasteiger partial charge on any atom is 0.0789 e. The van der Waals surface area contributed by atoms with Gasteiger partial charge in [0.05, 0.1) is 12.7 Å². The first-order valence-corrected chi connectivity index (χ1v) is 4.29. The molecule has 1 rings (SSSR count). The van der Waals surface area contributed by atoms with Crippen molar-refractivity contribution in [2.24, 2.45) is 5.92 Å². The van der Waals surface area contributed by atoms with Gasteiger partial charge in [-0.05, 0) is 25.3 Å². The molecule has 1 aliphatic rings. The van der Waals surface area contributed by atoms with Gasteiger partial charge in [0.25, 0.3) is 0 Å². The molecular formula is C10H16O2. The normalized spacial score (nSPS) is 29.8. The van der Waals surface area contributed by atoms with E-state index in [-0.39, 0.29) is 12.5 Å². The Bertz CT molecular complexity index is 206. The molecule has 0 saturated carbocycles. The van der Waals surface area contributed by atoms with Crippen LogP contribution in [0.15, 0.2) is 23.8 Å². The minimum absolute atomic E-state index is 0.0192. The number of rotatable bonds is 2. The van der Waals surface area contributed by atoms with Crippen molar-refractivity contribution in [1.82, 2.24) is 0 Å². The Balaban J connectivity index is 2.64. The van der Waals surface area contributed by atoms with E-state index in [1.807, 2.05) is 13.0 Å². The molecule has 0 aromatic heterocycles. The molecule has 0 aliphatic heterocycles. The molecule has 2 N–H and O–H groups in total. The summed E-state index contributed by atoms with van der Waals surface area (Å²) in [4.78, 5) is 0. The zero-order chi connectivity index (χ0) is 9.14. The van der Waals surface area contributed by atoms with E-state index in [1.165, 1.54) is 5.57 Å². The van der Waals surface area contributed by atoms with E-state index in [0.29, 0.717) is 0 Å². The molecule has 0 radical (unpaired) electrons. The Hall–Kier alpha value is -0.600. The zero-order valence-electron chi connectivity index (χ0n) is 7.45. The number of hydrogen-bond acceptors (Lipinski definition) is 2. The SMILES string of the molecule is C=C(CO)[C@H]1CCC(C)=C[C@H]1O.